The molecule has 0 saturated carbocycles. The van der Waals surface area contributed by atoms with E-state index in [2.05, 4.69) is 31.3 Å². The van der Waals surface area contributed by atoms with E-state index >= 15 is 0 Å². The van der Waals surface area contributed by atoms with E-state index in [-0.39, 0.29) is 6.04 Å². The SMILES string of the molecule is CNC(C)c1ccc(OC)cc1OCc1ccccc1C. The van der Waals surface area contributed by atoms with Crippen LogP contribution in [-0.2, 0) is 6.61 Å². The summed E-state index contributed by atoms with van der Waals surface area (Å²) in [5.74, 6) is 1.67. The van der Waals surface area contributed by atoms with Crippen molar-refractivity contribution < 1.29 is 9.47 Å². The summed E-state index contributed by atoms with van der Waals surface area (Å²) in [6, 6.07) is 14.5. The topological polar surface area (TPSA) is 30.5 Å². The highest BCUT2D eigenvalue weighted by Gasteiger charge is 2.12. The van der Waals surface area contributed by atoms with Crippen LogP contribution in [0.15, 0.2) is 42.5 Å². The highest BCUT2D eigenvalue weighted by molar-refractivity contribution is 5.42. The Morgan fingerprint density at radius 3 is 2.57 bits per heavy atom. The summed E-state index contributed by atoms with van der Waals surface area (Å²) in [6.07, 6.45) is 0. The van der Waals surface area contributed by atoms with Crippen LogP contribution in [0.2, 0.25) is 0 Å². The molecule has 0 saturated heterocycles. The van der Waals surface area contributed by atoms with Crippen LogP contribution in [0.4, 0.5) is 0 Å². The molecule has 3 nitrogen and oxygen atoms in total. The van der Waals surface area contributed by atoms with Gasteiger partial charge >= 0.3 is 0 Å². The molecule has 0 heterocycles. The number of rotatable bonds is 6. The third-order valence-corrected chi connectivity index (χ3v) is 3.76. The lowest BCUT2D eigenvalue weighted by Gasteiger charge is -2.18. The zero-order valence-electron chi connectivity index (χ0n) is 13.1. The normalized spacial score (nSPS) is 12.0. The fourth-order valence-corrected chi connectivity index (χ4v) is 2.21. The Balaban J connectivity index is 2.23. The maximum Gasteiger partial charge on any atom is 0.128 e. The van der Waals surface area contributed by atoms with E-state index in [4.69, 9.17) is 9.47 Å². The van der Waals surface area contributed by atoms with Crippen molar-refractivity contribution in [2.24, 2.45) is 0 Å². The summed E-state index contributed by atoms with van der Waals surface area (Å²) < 4.78 is 11.3. The standard InChI is InChI=1S/C18H23NO2/c1-13-7-5-6-8-15(13)12-21-18-11-16(20-4)9-10-17(18)14(2)19-3/h5-11,14,19H,12H2,1-4H3. The van der Waals surface area contributed by atoms with E-state index < -0.39 is 0 Å². The molecular weight excluding hydrogens is 262 g/mol. The second kappa shape index (κ2) is 7.14. The quantitative estimate of drug-likeness (QED) is 0.874. The molecule has 112 valence electrons. The van der Waals surface area contributed by atoms with Crippen molar-refractivity contribution in [2.45, 2.75) is 26.5 Å². The molecule has 1 atom stereocenters. The first-order valence-corrected chi connectivity index (χ1v) is 7.18. The molecule has 2 rings (SSSR count). The summed E-state index contributed by atoms with van der Waals surface area (Å²) in [6.45, 7) is 4.77. The molecule has 0 aliphatic rings. The van der Waals surface area contributed by atoms with Crippen molar-refractivity contribution in [3.63, 3.8) is 0 Å². The Morgan fingerprint density at radius 2 is 1.90 bits per heavy atom. The van der Waals surface area contributed by atoms with Crippen molar-refractivity contribution >= 4 is 0 Å². The molecule has 1 N–H and O–H groups in total. The van der Waals surface area contributed by atoms with Gasteiger partial charge in [0.1, 0.15) is 18.1 Å². The molecule has 2 aromatic rings. The monoisotopic (exact) mass is 285 g/mol. The van der Waals surface area contributed by atoms with E-state index in [0.29, 0.717) is 6.61 Å². The van der Waals surface area contributed by atoms with Gasteiger partial charge in [-0.3, -0.25) is 0 Å². The number of benzene rings is 2. The third kappa shape index (κ3) is 3.76. The Kier molecular flexibility index (Phi) is 5.23. The van der Waals surface area contributed by atoms with Gasteiger partial charge in [0.15, 0.2) is 0 Å². The van der Waals surface area contributed by atoms with Crippen LogP contribution in [0.3, 0.4) is 0 Å². The van der Waals surface area contributed by atoms with Crippen LogP contribution in [0.5, 0.6) is 11.5 Å². The van der Waals surface area contributed by atoms with Gasteiger partial charge in [-0.2, -0.15) is 0 Å². The molecule has 2 aromatic carbocycles. The minimum Gasteiger partial charge on any atom is -0.497 e. The Morgan fingerprint density at radius 1 is 1.14 bits per heavy atom. The molecule has 0 aliphatic heterocycles. The maximum atomic E-state index is 6.05. The minimum atomic E-state index is 0.225. The predicted molar refractivity (Wildman–Crippen MR) is 86.0 cm³/mol. The summed E-state index contributed by atoms with van der Waals surface area (Å²) in [7, 11) is 3.61. The maximum absolute atomic E-state index is 6.05. The van der Waals surface area contributed by atoms with Gasteiger partial charge in [-0.25, -0.2) is 0 Å². The molecule has 0 amide bonds. The molecular formula is C18H23NO2. The first-order valence-electron chi connectivity index (χ1n) is 7.18. The van der Waals surface area contributed by atoms with E-state index in [1.54, 1.807) is 7.11 Å². The van der Waals surface area contributed by atoms with Gasteiger partial charge in [0.2, 0.25) is 0 Å². The van der Waals surface area contributed by atoms with Gasteiger partial charge < -0.3 is 14.8 Å². The zero-order chi connectivity index (χ0) is 15.2. The number of hydrogen-bond donors (Lipinski definition) is 1. The number of hydrogen-bond acceptors (Lipinski definition) is 3. The summed E-state index contributed by atoms with van der Waals surface area (Å²) >= 11 is 0. The van der Waals surface area contributed by atoms with Gasteiger partial charge in [0.05, 0.1) is 7.11 Å². The van der Waals surface area contributed by atoms with Crippen molar-refractivity contribution in [1.29, 1.82) is 0 Å². The molecule has 0 fully saturated rings. The van der Waals surface area contributed by atoms with Crippen LogP contribution >= 0.6 is 0 Å². The Hall–Kier alpha value is -2.00. The first kappa shape index (κ1) is 15.4. The van der Waals surface area contributed by atoms with Crippen molar-refractivity contribution in [3.8, 4) is 11.5 Å². The van der Waals surface area contributed by atoms with Crippen molar-refractivity contribution in [2.75, 3.05) is 14.2 Å². The van der Waals surface area contributed by atoms with Gasteiger partial charge in [0.25, 0.3) is 0 Å². The summed E-state index contributed by atoms with van der Waals surface area (Å²) in [5.41, 5.74) is 3.57. The number of nitrogens with one attached hydrogen (secondary N) is 1. The number of aryl methyl sites for hydroxylation is 1. The Bertz CT molecular complexity index is 596. The molecule has 0 bridgehead atoms. The Labute approximate surface area is 126 Å². The van der Waals surface area contributed by atoms with E-state index in [9.17, 15) is 0 Å². The molecule has 0 spiro atoms. The van der Waals surface area contributed by atoms with E-state index in [1.807, 2.05) is 37.4 Å². The van der Waals surface area contributed by atoms with Crippen LogP contribution < -0.4 is 14.8 Å². The fraction of sp³-hybridized carbons (Fsp3) is 0.333. The molecule has 0 aromatic heterocycles. The minimum absolute atomic E-state index is 0.225. The summed E-state index contributed by atoms with van der Waals surface area (Å²) in [5, 5.41) is 3.25. The van der Waals surface area contributed by atoms with Crippen LogP contribution in [0, 0.1) is 6.92 Å². The lowest BCUT2D eigenvalue weighted by atomic mass is 10.1. The van der Waals surface area contributed by atoms with Crippen molar-refractivity contribution in [1.82, 2.24) is 5.32 Å². The third-order valence-electron chi connectivity index (χ3n) is 3.76. The highest BCUT2D eigenvalue weighted by Crippen LogP contribution is 2.30. The molecule has 0 aliphatic carbocycles. The van der Waals surface area contributed by atoms with Crippen LogP contribution in [0.25, 0.3) is 0 Å². The van der Waals surface area contributed by atoms with Gasteiger partial charge in [-0.15, -0.1) is 0 Å². The first-order chi connectivity index (χ1) is 10.2. The molecule has 3 heteroatoms. The smallest absolute Gasteiger partial charge is 0.128 e. The van der Waals surface area contributed by atoms with Gasteiger partial charge in [-0.1, -0.05) is 30.3 Å². The fourth-order valence-electron chi connectivity index (χ4n) is 2.21. The lowest BCUT2D eigenvalue weighted by Crippen LogP contribution is -2.14. The average molecular weight is 285 g/mol. The predicted octanol–water partition coefficient (Wildman–Crippen LogP) is 3.86. The molecule has 1 unspecified atom stereocenters. The molecule has 21 heavy (non-hydrogen) atoms. The molecule has 0 radical (unpaired) electrons. The van der Waals surface area contributed by atoms with E-state index in [0.717, 1.165) is 17.1 Å². The van der Waals surface area contributed by atoms with Crippen LogP contribution in [0.1, 0.15) is 29.7 Å². The summed E-state index contributed by atoms with van der Waals surface area (Å²) in [4.78, 5) is 0. The van der Waals surface area contributed by atoms with E-state index in [1.165, 1.54) is 11.1 Å². The number of ether oxygens (including phenoxy) is 2. The zero-order valence-corrected chi connectivity index (χ0v) is 13.1. The lowest BCUT2D eigenvalue weighted by molar-refractivity contribution is 0.297. The largest absolute Gasteiger partial charge is 0.497 e. The van der Waals surface area contributed by atoms with Crippen LogP contribution in [-0.4, -0.2) is 14.2 Å². The second-order valence-electron chi connectivity index (χ2n) is 5.13. The second-order valence-corrected chi connectivity index (χ2v) is 5.13. The van der Waals surface area contributed by atoms with Gasteiger partial charge in [0, 0.05) is 17.7 Å². The van der Waals surface area contributed by atoms with Crippen molar-refractivity contribution in [3.05, 3.63) is 59.2 Å². The number of methoxy groups -OCH3 is 1. The average Bonchev–Trinajstić information content (AvgIpc) is 2.53. The van der Waals surface area contributed by atoms with Gasteiger partial charge in [-0.05, 0) is 38.1 Å². The highest BCUT2D eigenvalue weighted by atomic mass is 16.5.